The molecule has 5 nitrogen and oxygen atoms in total. The summed E-state index contributed by atoms with van der Waals surface area (Å²) in [4.78, 5) is 15.9. The molecule has 0 saturated heterocycles. The van der Waals surface area contributed by atoms with Gasteiger partial charge in [0.15, 0.2) is 0 Å². The molecule has 1 aromatic carbocycles. The minimum atomic E-state index is -0.243. The van der Waals surface area contributed by atoms with Crippen molar-refractivity contribution >= 4 is 16.9 Å². The van der Waals surface area contributed by atoms with Crippen LogP contribution in [-0.2, 0) is 16.0 Å². The largest absolute Gasteiger partial charge is 0.496 e. The minimum Gasteiger partial charge on any atom is -0.496 e. The standard InChI is InChI=1S/C16H19NO4/c1-10-9-11(5-8-14(18)21-4)17-16-13(20-3)7-6-12(19-2)15(10)16/h6-7,9H,5,8H2,1-4H3. The van der Waals surface area contributed by atoms with Crippen LogP contribution >= 0.6 is 0 Å². The molecule has 0 radical (unpaired) electrons. The van der Waals surface area contributed by atoms with Crippen LogP contribution in [0.3, 0.4) is 0 Å². The van der Waals surface area contributed by atoms with Crippen LogP contribution in [0.4, 0.5) is 0 Å². The van der Waals surface area contributed by atoms with E-state index in [1.54, 1.807) is 14.2 Å². The summed E-state index contributed by atoms with van der Waals surface area (Å²) in [6.45, 7) is 1.99. The molecular formula is C16H19NO4. The average molecular weight is 289 g/mol. The predicted molar refractivity (Wildman–Crippen MR) is 79.9 cm³/mol. The maximum atomic E-state index is 11.3. The molecule has 0 N–H and O–H groups in total. The normalized spacial score (nSPS) is 10.5. The number of carbonyl (C=O) groups is 1. The third-order valence-electron chi connectivity index (χ3n) is 3.39. The van der Waals surface area contributed by atoms with Crippen LogP contribution < -0.4 is 9.47 Å². The lowest BCUT2D eigenvalue weighted by Gasteiger charge is -2.13. The van der Waals surface area contributed by atoms with E-state index in [-0.39, 0.29) is 5.97 Å². The molecule has 0 fully saturated rings. The summed E-state index contributed by atoms with van der Waals surface area (Å²) in [5.74, 6) is 1.20. The topological polar surface area (TPSA) is 57.7 Å². The van der Waals surface area contributed by atoms with E-state index in [9.17, 15) is 4.79 Å². The zero-order valence-electron chi connectivity index (χ0n) is 12.7. The second-order valence-corrected chi connectivity index (χ2v) is 4.70. The third-order valence-corrected chi connectivity index (χ3v) is 3.39. The maximum Gasteiger partial charge on any atom is 0.305 e. The van der Waals surface area contributed by atoms with E-state index in [4.69, 9.17) is 9.47 Å². The summed E-state index contributed by atoms with van der Waals surface area (Å²) in [7, 11) is 4.63. The zero-order chi connectivity index (χ0) is 15.4. The van der Waals surface area contributed by atoms with Crippen LogP contribution in [0.1, 0.15) is 17.7 Å². The van der Waals surface area contributed by atoms with Gasteiger partial charge in [-0.1, -0.05) is 0 Å². The maximum absolute atomic E-state index is 11.3. The van der Waals surface area contributed by atoms with Gasteiger partial charge < -0.3 is 14.2 Å². The van der Waals surface area contributed by atoms with E-state index in [2.05, 4.69) is 9.72 Å². The van der Waals surface area contributed by atoms with Crippen molar-refractivity contribution in [3.63, 3.8) is 0 Å². The first-order chi connectivity index (χ1) is 10.1. The minimum absolute atomic E-state index is 0.243. The number of aromatic nitrogens is 1. The van der Waals surface area contributed by atoms with Gasteiger partial charge in [-0.3, -0.25) is 4.79 Å². The van der Waals surface area contributed by atoms with Crippen molar-refractivity contribution in [2.24, 2.45) is 0 Å². The molecule has 0 amide bonds. The van der Waals surface area contributed by atoms with Gasteiger partial charge in [0, 0.05) is 17.5 Å². The molecule has 21 heavy (non-hydrogen) atoms. The van der Waals surface area contributed by atoms with Gasteiger partial charge in [-0.2, -0.15) is 0 Å². The van der Waals surface area contributed by atoms with Gasteiger partial charge in [0.1, 0.15) is 17.0 Å². The van der Waals surface area contributed by atoms with Gasteiger partial charge in [-0.05, 0) is 30.7 Å². The Balaban J connectivity index is 2.50. The molecule has 5 heteroatoms. The summed E-state index contributed by atoms with van der Waals surface area (Å²) in [5, 5.41) is 0.929. The van der Waals surface area contributed by atoms with Crippen LogP contribution in [0.5, 0.6) is 11.5 Å². The fraction of sp³-hybridized carbons (Fsp3) is 0.375. The van der Waals surface area contributed by atoms with Crippen molar-refractivity contribution in [2.45, 2.75) is 19.8 Å². The summed E-state index contributed by atoms with van der Waals surface area (Å²) >= 11 is 0. The molecule has 0 atom stereocenters. The van der Waals surface area contributed by atoms with E-state index < -0.39 is 0 Å². The van der Waals surface area contributed by atoms with Gasteiger partial charge in [-0.15, -0.1) is 0 Å². The Hall–Kier alpha value is -2.30. The molecule has 0 spiro atoms. The highest BCUT2D eigenvalue weighted by atomic mass is 16.5. The highest BCUT2D eigenvalue weighted by Crippen LogP contribution is 2.34. The number of nitrogens with zero attached hydrogens (tertiary/aromatic N) is 1. The monoisotopic (exact) mass is 289 g/mol. The Morgan fingerprint density at radius 1 is 1.14 bits per heavy atom. The number of hydrogen-bond acceptors (Lipinski definition) is 5. The molecular weight excluding hydrogens is 270 g/mol. The molecule has 112 valence electrons. The number of fused-ring (bicyclic) bond motifs is 1. The van der Waals surface area contributed by atoms with Crippen molar-refractivity contribution in [1.82, 2.24) is 4.98 Å². The number of rotatable bonds is 5. The number of hydrogen-bond donors (Lipinski definition) is 0. The van der Waals surface area contributed by atoms with Gasteiger partial charge in [0.05, 0.1) is 27.8 Å². The highest BCUT2D eigenvalue weighted by Gasteiger charge is 2.13. The van der Waals surface area contributed by atoms with E-state index in [0.29, 0.717) is 18.6 Å². The summed E-state index contributed by atoms with van der Waals surface area (Å²) in [6, 6.07) is 5.66. The first-order valence-electron chi connectivity index (χ1n) is 6.68. The van der Waals surface area contributed by atoms with Crippen LogP contribution in [0.15, 0.2) is 18.2 Å². The summed E-state index contributed by atoms with van der Waals surface area (Å²) in [6.07, 6.45) is 0.838. The molecule has 1 heterocycles. The Bertz CT molecular complexity index is 667. The van der Waals surface area contributed by atoms with E-state index in [0.717, 1.165) is 27.9 Å². The SMILES string of the molecule is COC(=O)CCc1cc(C)c2c(OC)ccc(OC)c2n1. The Labute approximate surface area is 123 Å². The first kappa shape index (κ1) is 15.1. The number of benzene rings is 1. The number of carbonyl (C=O) groups excluding carboxylic acids is 1. The number of esters is 1. The van der Waals surface area contributed by atoms with Gasteiger partial charge >= 0.3 is 5.97 Å². The molecule has 0 aliphatic rings. The van der Waals surface area contributed by atoms with Crippen molar-refractivity contribution in [1.29, 1.82) is 0 Å². The first-order valence-corrected chi connectivity index (χ1v) is 6.68. The van der Waals surface area contributed by atoms with Gasteiger partial charge in [-0.25, -0.2) is 4.98 Å². The van der Waals surface area contributed by atoms with Crippen LogP contribution in [0.25, 0.3) is 10.9 Å². The van der Waals surface area contributed by atoms with E-state index in [1.807, 2.05) is 25.1 Å². The number of methoxy groups -OCH3 is 3. The van der Waals surface area contributed by atoms with Crippen molar-refractivity contribution < 1.29 is 19.0 Å². The highest BCUT2D eigenvalue weighted by molar-refractivity contribution is 5.93. The van der Waals surface area contributed by atoms with Crippen molar-refractivity contribution in [2.75, 3.05) is 21.3 Å². The molecule has 0 bridgehead atoms. The number of aryl methyl sites for hydroxylation is 2. The van der Waals surface area contributed by atoms with Crippen LogP contribution in [0.2, 0.25) is 0 Å². The molecule has 0 aliphatic heterocycles. The lowest BCUT2D eigenvalue weighted by Crippen LogP contribution is -2.04. The number of ether oxygens (including phenoxy) is 3. The summed E-state index contributed by atoms with van der Waals surface area (Å²) < 4.78 is 15.4. The Morgan fingerprint density at radius 2 is 1.81 bits per heavy atom. The van der Waals surface area contributed by atoms with Crippen molar-refractivity contribution in [3.05, 3.63) is 29.5 Å². The Morgan fingerprint density at radius 3 is 2.43 bits per heavy atom. The molecule has 0 unspecified atom stereocenters. The van der Waals surface area contributed by atoms with Gasteiger partial charge in [0.2, 0.25) is 0 Å². The Kier molecular flexibility index (Phi) is 4.62. The third kappa shape index (κ3) is 3.07. The molecule has 2 rings (SSSR count). The molecule has 0 aliphatic carbocycles. The number of pyridine rings is 1. The predicted octanol–water partition coefficient (Wildman–Crippen LogP) is 2.67. The van der Waals surface area contributed by atoms with Gasteiger partial charge in [0.25, 0.3) is 0 Å². The van der Waals surface area contributed by atoms with E-state index >= 15 is 0 Å². The second-order valence-electron chi connectivity index (χ2n) is 4.70. The molecule has 1 aromatic heterocycles. The van der Waals surface area contributed by atoms with E-state index in [1.165, 1.54) is 7.11 Å². The van der Waals surface area contributed by atoms with Crippen LogP contribution in [-0.4, -0.2) is 32.3 Å². The fourth-order valence-electron chi connectivity index (χ4n) is 2.34. The second kappa shape index (κ2) is 6.43. The quantitative estimate of drug-likeness (QED) is 0.792. The molecule has 0 saturated carbocycles. The molecule has 2 aromatic rings. The zero-order valence-corrected chi connectivity index (χ0v) is 12.7. The van der Waals surface area contributed by atoms with Crippen LogP contribution in [0, 0.1) is 6.92 Å². The summed E-state index contributed by atoms with van der Waals surface area (Å²) in [5.41, 5.74) is 2.62. The average Bonchev–Trinajstić information content (AvgIpc) is 2.51. The fourth-order valence-corrected chi connectivity index (χ4v) is 2.34. The lowest BCUT2D eigenvalue weighted by atomic mass is 10.1. The smallest absolute Gasteiger partial charge is 0.305 e. The lowest BCUT2D eigenvalue weighted by molar-refractivity contribution is -0.140. The van der Waals surface area contributed by atoms with Crippen molar-refractivity contribution in [3.8, 4) is 11.5 Å².